The average molecular weight is 415 g/mol. The van der Waals surface area contributed by atoms with E-state index in [9.17, 15) is 4.79 Å². The number of benzene rings is 2. The number of hydrogen-bond donors (Lipinski definition) is 1. The summed E-state index contributed by atoms with van der Waals surface area (Å²) in [5.41, 5.74) is 1.62. The number of rotatable bonds is 8. The van der Waals surface area contributed by atoms with E-state index < -0.39 is 0 Å². The van der Waals surface area contributed by atoms with Crippen LogP contribution in [0.25, 0.3) is 10.6 Å². The van der Waals surface area contributed by atoms with Crippen LogP contribution in [0.15, 0.2) is 53.4 Å². The van der Waals surface area contributed by atoms with Gasteiger partial charge < -0.3 is 14.8 Å². The third-order valence-corrected chi connectivity index (χ3v) is 6.25. The molecule has 0 fully saturated rings. The molecule has 3 aromatic rings. The minimum Gasteiger partial charge on any atom is -0.493 e. The Balaban J connectivity index is 1.64. The van der Waals surface area contributed by atoms with E-state index in [1.54, 1.807) is 26.0 Å². The second-order valence-electron chi connectivity index (χ2n) is 5.92. The fraction of sp³-hybridized carbons (Fsp3) is 0.238. The van der Waals surface area contributed by atoms with Crippen LogP contribution in [0, 0.1) is 6.92 Å². The molecule has 3 rings (SSSR count). The first kappa shape index (κ1) is 20.2. The second kappa shape index (κ2) is 9.61. The summed E-state index contributed by atoms with van der Waals surface area (Å²) in [5, 5.41) is 3.76. The van der Waals surface area contributed by atoms with Gasteiger partial charge in [0.1, 0.15) is 9.88 Å². The Bertz CT molecular complexity index is 942. The lowest BCUT2D eigenvalue weighted by molar-refractivity contribution is 0.0959. The molecule has 0 unspecified atom stereocenters. The molecule has 5 nitrogen and oxygen atoms in total. The highest BCUT2D eigenvalue weighted by molar-refractivity contribution is 7.99. The van der Waals surface area contributed by atoms with E-state index in [1.807, 2.05) is 43.3 Å². The molecule has 0 aliphatic heterocycles. The van der Waals surface area contributed by atoms with Crippen LogP contribution >= 0.6 is 23.1 Å². The zero-order valence-corrected chi connectivity index (χ0v) is 17.7. The van der Waals surface area contributed by atoms with Crippen molar-refractivity contribution in [1.29, 1.82) is 0 Å². The molecular weight excluding hydrogens is 392 g/mol. The molecule has 1 N–H and O–H groups in total. The van der Waals surface area contributed by atoms with Gasteiger partial charge in [-0.25, -0.2) is 4.98 Å². The minimum absolute atomic E-state index is 0.0876. The maximum atomic E-state index is 12.6. The highest BCUT2D eigenvalue weighted by Gasteiger charge is 2.17. The number of methoxy groups -OCH3 is 2. The van der Waals surface area contributed by atoms with Crippen molar-refractivity contribution in [2.75, 3.05) is 26.5 Å². The number of carbonyl (C=O) groups excluding carboxylic acids is 1. The van der Waals surface area contributed by atoms with Gasteiger partial charge in [0.25, 0.3) is 5.91 Å². The lowest BCUT2D eigenvalue weighted by Crippen LogP contribution is -2.25. The summed E-state index contributed by atoms with van der Waals surface area (Å²) in [4.78, 5) is 18.9. The van der Waals surface area contributed by atoms with Crippen LogP contribution in [-0.4, -0.2) is 37.4 Å². The van der Waals surface area contributed by atoms with Gasteiger partial charge in [0, 0.05) is 22.8 Å². The zero-order valence-electron chi connectivity index (χ0n) is 16.0. The summed E-state index contributed by atoms with van der Waals surface area (Å²) in [7, 11) is 3.20. The molecule has 0 saturated heterocycles. The summed E-state index contributed by atoms with van der Waals surface area (Å²) in [5.74, 6) is 2.02. The summed E-state index contributed by atoms with van der Waals surface area (Å²) >= 11 is 3.10. The molecule has 0 radical (unpaired) electrons. The van der Waals surface area contributed by atoms with E-state index in [4.69, 9.17) is 9.47 Å². The number of nitrogens with one attached hydrogen (secondary N) is 1. The van der Waals surface area contributed by atoms with Crippen LogP contribution < -0.4 is 14.8 Å². The van der Waals surface area contributed by atoms with E-state index in [2.05, 4.69) is 22.4 Å². The maximum absolute atomic E-state index is 12.6. The summed E-state index contributed by atoms with van der Waals surface area (Å²) in [6.45, 7) is 2.45. The SMILES string of the molecule is COc1ccc(-c2nc(C)c(C(=O)NCCSc3ccccc3)s2)cc1OC. The van der Waals surface area contributed by atoms with Crippen molar-refractivity contribution < 1.29 is 14.3 Å². The Morgan fingerprint density at radius 3 is 2.57 bits per heavy atom. The highest BCUT2D eigenvalue weighted by atomic mass is 32.2. The van der Waals surface area contributed by atoms with Crippen molar-refractivity contribution in [3.8, 4) is 22.1 Å². The number of hydrogen-bond acceptors (Lipinski definition) is 6. The Kier molecular flexibility index (Phi) is 6.95. The second-order valence-corrected chi connectivity index (χ2v) is 8.09. The number of nitrogens with zero attached hydrogens (tertiary/aromatic N) is 1. The van der Waals surface area contributed by atoms with Crippen LogP contribution in [0.1, 0.15) is 15.4 Å². The normalized spacial score (nSPS) is 10.5. The predicted molar refractivity (Wildman–Crippen MR) is 115 cm³/mol. The molecule has 0 spiro atoms. The number of amides is 1. The number of thioether (sulfide) groups is 1. The van der Waals surface area contributed by atoms with Gasteiger partial charge in [-0.1, -0.05) is 18.2 Å². The highest BCUT2D eigenvalue weighted by Crippen LogP contribution is 2.35. The van der Waals surface area contributed by atoms with Gasteiger partial charge in [-0.15, -0.1) is 23.1 Å². The zero-order chi connectivity index (χ0) is 19.9. The lowest BCUT2D eigenvalue weighted by atomic mass is 10.2. The fourth-order valence-electron chi connectivity index (χ4n) is 2.63. The van der Waals surface area contributed by atoms with Gasteiger partial charge in [-0.3, -0.25) is 4.79 Å². The van der Waals surface area contributed by atoms with Crippen LogP contribution in [0.5, 0.6) is 11.5 Å². The van der Waals surface area contributed by atoms with Gasteiger partial charge >= 0.3 is 0 Å². The van der Waals surface area contributed by atoms with Crippen molar-refractivity contribution in [2.45, 2.75) is 11.8 Å². The first-order valence-corrected chi connectivity index (χ1v) is 10.6. The van der Waals surface area contributed by atoms with Crippen molar-refractivity contribution in [3.63, 3.8) is 0 Å². The monoisotopic (exact) mass is 414 g/mol. The molecule has 0 saturated carbocycles. The van der Waals surface area contributed by atoms with Gasteiger partial charge in [-0.05, 0) is 37.3 Å². The molecule has 0 aliphatic carbocycles. The minimum atomic E-state index is -0.0876. The molecule has 146 valence electrons. The van der Waals surface area contributed by atoms with E-state index in [-0.39, 0.29) is 5.91 Å². The van der Waals surface area contributed by atoms with Crippen LogP contribution in [0.4, 0.5) is 0 Å². The molecule has 0 atom stereocenters. The summed E-state index contributed by atoms with van der Waals surface area (Å²) in [6.07, 6.45) is 0. The number of aromatic nitrogens is 1. The van der Waals surface area contributed by atoms with Crippen molar-refractivity contribution in [3.05, 3.63) is 59.1 Å². The van der Waals surface area contributed by atoms with Crippen molar-refractivity contribution in [2.24, 2.45) is 0 Å². The van der Waals surface area contributed by atoms with E-state index in [0.29, 0.717) is 22.9 Å². The molecule has 2 aromatic carbocycles. The largest absolute Gasteiger partial charge is 0.493 e. The molecule has 0 aliphatic rings. The van der Waals surface area contributed by atoms with Gasteiger partial charge in [0.05, 0.1) is 19.9 Å². The van der Waals surface area contributed by atoms with Crippen molar-refractivity contribution >= 4 is 29.0 Å². The smallest absolute Gasteiger partial charge is 0.263 e. The maximum Gasteiger partial charge on any atom is 0.263 e. The molecule has 1 amide bonds. The molecule has 7 heteroatoms. The van der Waals surface area contributed by atoms with Gasteiger partial charge in [0.2, 0.25) is 0 Å². The standard InChI is InChI=1S/C21H22N2O3S2/c1-14-19(20(24)22-11-12-27-16-7-5-4-6-8-16)28-21(23-14)15-9-10-17(25-2)18(13-15)26-3/h4-10,13H,11-12H2,1-3H3,(H,22,24). The predicted octanol–water partition coefficient (Wildman–Crippen LogP) is 4.66. The molecule has 28 heavy (non-hydrogen) atoms. The van der Waals surface area contributed by atoms with E-state index in [1.165, 1.54) is 16.2 Å². The molecule has 0 bridgehead atoms. The van der Waals surface area contributed by atoms with Crippen LogP contribution in [0.2, 0.25) is 0 Å². The number of aryl methyl sites for hydroxylation is 1. The Morgan fingerprint density at radius 2 is 1.86 bits per heavy atom. The fourth-order valence-corrected chi connectivity index (χ4v) is 4.40. The quantitative estimate of drug-likeness (QED) is 0.429. The van der Waals surface area contributed by atoms with Crippen LogP contribution in [-0.2, 0) is 0 Å². The van der Waals surface area contributed by atoms with Gasteiger partial charge in [0.15, 0.2) is 11.5 Å². The lowest BCUT2D eigenvalue weighted by Gasteiger charge is -2.08. The first-order chi connectivity index (χ1) is 13.6. The third-order valence-electron chi connectivity index (χ3n) is 4.03. The first-order valence-electron chi connectivity index (χ1n) is 8.78. The average Bonchev–Trinajstić information content (AvgIpc) is 3.13. The summed E-state index contributed by atoms with van der Waals surface area (Å²) < 4.78 is 10.6. The number of carbonyl (C=O) groups is 1. The number of thiazole rings is 1. The Labute approximate surface area is 173 Å². The van der Waals surface area contributed by atoms with Gasteiger partial charge in [-0.2, -0.15) is 0 Å². The Hall–Kier alpha value is -2.51. The molecule has 1 aromatic heterocycles. The molecular formula is C21H22N2O3S2. The molecule has 1 heterocycles. The van der Waals surface area contributed by atoms with E-state index in [0.717, 1.165) is 22.0 Å². The van der Waals surface area contributed by atoms with Crippen LogP contribution in [0.3, 0.4) is 0 Å². The van der Waals surface area contributed by atoms with Crippen molar-refractivity contribution in [1.82, 2.24) is 10.3 Å². The third kappa shape index (κ3) is 4.85. The van der Waals surface area contributed by atoms with E-state index >= 15 is 0 Å². The summed E-state index contributed by atoms with van der Waals surface area (Å²) in [6, 6.07) is 15.8. The number of ether oxygens (including phenoxy) is 2. The Morgan fingerprint density at radius 1 is 1.11 bits per heavy atom. The topological polar surface area (TPSA) is 60.5 Å².